The van der Waals surface area contributed by atoms with Crippen LogP contribution in [-0.2, 0) is 22.6 Å². The van der Waals surface area contributed by atoms with Crippen molar-refractivity contribution in [3.8, 4) is 0 Å². The van der Waals surface area contributed by atoms with Crippen LogP contribution in [0.4, 0.5) is 5.69 Å². The van der Waals surface area contributed by atoms with Crippen molar-refractivity contribution in [2.75, 3.05) is 25.0 Å². The zero-order valence-corrected chi connectivity index (χ0v) is 16.5. The third-order valence-corrected chi connectivity index (χ3v) is 5.04. The van der Waals surface area contributed by atoms with E-state index in [-0.39, 0.29) is 24.8 Å². The van der Waals surface area contributed by atoms with Gasteiger partial charge in [-0.2, -0.15) is 0 Å². The number of nitrogens with zero attached hydrogens (tertiary/aromatic N) is 1. The summed E-state index contributed by atoms with van der Waals surface area (Å²) in [6.07, 6.45) is 2.87. The lowest BCUT2D eigenvalue weighted by Gasteiger charge is -2.30. The molecule has 0 aliphatic carbocycles. The number of carbonyl (C=O) groups excluding carboxylic acids is 2. The highest BCUT2D eigenvalue weighted by atomic mass is 16.2. The highest BCUT2D eigenvalue weighted by Crippen LogP contribution is 2.18. The van der Waals surface area contributed by atoms with E-state index in [4.69, 9.17) is 0 Å². The van der Waals surface area contributed by atoms with Crippen LogP contribution < -0.4 is 10.6 Å². The lowest BCUT2D eigenvalue weighted by atomic mass is 10.00. The molecule has 2 aromatic rings. The van der Waals surface area contributed by atoms with Gasteiger partial charge in [0.15, 0.2) is 0 Å². The van der Waals surface area contributed by atoms with Gasteiger partial charge in [0, 0.05) is 18.8 Å². The monoisotopic (exact) mass is 379 g/mol. The van der Waals surface area contributed by atoms with E-state index in [0.717, 1.165) is 36.8 Å². The summed E-state index contributed by atoms with van der Waals surface area (Å²) in [4.78, 5) is 26.5. The second kappa shape index (κ2) is 10.0. The van der Waals surface area contributed by atoms with Crippen LogP contribution in [0.5, 0.6) is 0 Å². The van der Waals surface area contributed by atoms with Crippen LogP contribution in [0.15, 0.2) is 54.6 Å². The van der Waals surface area contributed by atoms with Crippen molar-refractivity contribution in [2.45, 2.75) is 32.7 Å². The first-order valence-electron chi connectivity index (χ1n) is 10.0. The number of amides is 2. The molecule has 2 aromatic carbocycles. The van der Waals surface area contributed by atoms with E-state index in [0.29, 0.717) is 0 Å². The van der Waals surface area contributed by atoms with E-state index < -0.39 is 0 Å². The Kier molecular flexibility index (Phi) is 7.20. The van der Waals surface area contributed by atoms with E-state index in [1.807, 2.05) is 42.5 Å². The number of nitrogens with one attached hydrogen (secondary N) is 2. The van der Waals surface area contributed by atoms with Crippen molar-refractivity contribution in [3.05, 3.63) is 65.7 Å². The molecule has 0 radical (unpaired) electrons. The molecule has 5 heteroatoms. The van der Waals surface area contributed by atoms with Crippen LogP contribution in [0.2, 0.25) is 0 Å². The molecule has 5 nitrogen and oxygen atoms in total. The number of likely N-dealkylation sites (tertiary alicyclic amines) is 1. The van der Waals surface area contributed by atoms with Crippen molar-refractivity contribution in [1.29, 1.82) is 0 Å². The van der Waals surface area contributed by atoms with E-state index >= 15 is 0 Å². The molecule has 0 bridgehead atoms. The van der Waals surface area contributed by atoms with Crippen molar-refractivity contribution < 1.29 is 9.59 Å². The molecule has 1 heterocycles. The number of piperidine rings is 1. The van der Waals surface area contributed by atoms with Crippen LogP contribution in [0.25, 0.3) is 0 Å². The van der Waals surface area contributed by atoms with Gasteiger partial charge < -0.3 is 10.6 Å². The van der Waals surface area contributed by atoms with Gasteiger partial charge in [0.1, 0.15) is 0 Å². The Hall–Kier alpha value is -2.66. The summed E-state index contributed by atoms with van der Waals surface area (Å²) >= 11 is 0. The summed E-state index contributed by atoms with van der Waals surface area (Å²) in [6.45, 7) is 5.54. The molecule has 0 saturated carbocycles. The highest BCUT2D eigenvalue weighted by molar-refractivity contribution is 5.94. The highest BCUT2D eigenvalue weighted by Gasteiger charge is 2.16. The first kappa shape index (κ1) is 20.1. The number of hydrogen-bond acceptors (Lipinski definition) is 3. The Bertz CT molecular complexity index is 774. The van der Waals surface area contributed by atoms with Crippen molar-refractivity contribution in [3.63, 3.8) is 0 Å². The average Bonchev–Trinajstić information content (AvgIpc) is 2.69. The lowest BCUT2D eigenvalue weighted by molar-refractivity contribution is -0.123. The normalized spacial score (nSPS) is 17.1. The van der Waals surface area contributed by atoms with Crippen LogP contribution in [-0.4, -0.2) is 36.3 Å². The van der Waals surface area contributed by atoms with Gasteiger partial charge in [-0.3, -0.25) is 14.5 Å². The molecular weight excluding hydrogens is 350 g/mol. The minimum absolute atomic E-state index is 0.0287. The summed E-state index contributed by atoms with van der Waals surface area (Å²) in [6, 6.07) is 17.4. The molecule has 2 N–H and O–H groups in total. The average molecular weight is 380 g/mol. The number of carbonyl (C=O) groups is 2. The first-order valence-corrected chi connectivity index (χ1v) is 10.0. The smallest absolute Gasteiger partial charge is 0.243 e. The Labute approximate surface area is 167 Å². The van der Waals surface area contributed by atoms with Crippen LogP contribution in [0.1, 0.15) is 30.9 Å². The van der Waals surface area contributed by atoms with Crippen LogP contribution >= 0.6 is 0 Å². The Morgan fingerprint density at radius 2 is 1.75 bits per heavy atom. The first-order chi connectivity index (χ1) is 13.6. The minimum Gasteiger partial charge on any atom is -0.347 e. The van der Waals surface area contributed by atoms with E-state index in [2.05, 4.69) is 34.6 Å². The van der Waals surface area contributed by atoms with Gasteiger partial charge >= 0.3 is 0 Å². The van der Waals surface area contributed by atoms with E-state index in [1.54, 1.807) is 0 Å². The zero-order chi connectivity index (χ0) is 19.8. The van der Waals surface area contributed by atoms with Gasteiger partial charge in [0.25, 0.3) is 0 Å². The quantitative estimate of drug-likeness (QED) is 0.777. The van der Waals surface area contributed by atoms with Gasteiger partial charge in [-0.15, -0.1) is 0 Å². The second-order valence-electron chi connectivity index (χ2n) is 7.67. The van der Waals surface area contributed by atoms with Gasteiger partial charge in [0.2, 0.25) is 11.8 Å². The van der Waals surface area contributed by atoms with Gasteiger partial charge in [0.05, 0.1) is 13.0 Å². The molecule has 28 heavy (non-hydrogen) atoms. The van der Waals surface area contributed by atoms with E-state index in [1.165, 1.54) is 18.4 Å². The lowest BCUT2D eigenvalue weighted by Crippen LogP contribution is -2.34. The summed E-state index contributed by atoms with van der Waals surface area (Å²) in [7, 11) is 0. The molecule has 1 aliphatic heterocycles. The molecule has 3 rings (SSSR count). The Morgan fingerprint density at radius 1 is 1.00 bits per heavy atom. The Balaban J connectivity index is 1.40. The molecule has 0 unspecified atom stereocenters. The minimum atomic E-state index is -0.223. The van der Waals surface area contributed by atoms with Gasteiger partial charge in [-0.1, -0.05) is 49.4 Å². The SMILES string of the molecule is C[C@H]1CCCN(Cc2ccc(NC(=O)CNC(=O)Cc3ccccc3)cc2)C1. The maximum Gasteiger partial charge on any atom is 0.243 e. The number of hydrogen-bond donors (Lipinski definition) is 2. The largest absolute Gasteiger partial charge is 0.347 e. The predicted molar refractivity (Wildman–Crippen MR) is 112 cm³/mol. The fourth-order valence-electron chi connectivity index (χ4n) is 3.61. The van der Waals surface area contributed by atoms with Crippen molar-refractivity contribution in [2.24, 2.45) is 5.92 Å². The number of rotatable bonds is 7. The zero-order valence-electron chi connectivity index (χ0n) is 16.5. The third-order valence-electron chi connectivity index (χ3n) is 5.04. The molecule has 148 valence electrons. The Morgan fingerprint density at radius 3 is 2.46 bits per heavy atom. The maximum absolute atomic E-state index is 12.1. The summed E-state index contributed by atoms with van der Waals surface area (Å²) in [5.41, 5.74) is 2.93. The standard InChI is InChI=1S/C23H29N3O2/c1-18-6-5-13-26(16-18)17-20-9-11-21(12-10-20)25-23(28)15-24-22(27)14-19-7-3-2-4-8-19/h2-4,7-12,18H,5-6,13-17H2,1H3,(H,24,27)(H,25,28)/t18-/m0/s1. The van der Waals surface area contributed by atoms with E-state index in [9.17, 15) is 9.59 Å². The molecule has 1 aliphatic rings. The van der Waals surface area contributed by atoms with Gasteiger partial charge in [-0.05, 0) is 48.6 Å². The van der Waals surface area contributed by atoms with Crippen molar-refractivity contribution in [1.82, 2.24) is 10.2 Å². The van der Waals surface area contributed by atoms with Gasteiger partial charge in [-0.25, -0.2) is 0 Å². The third kappa shape index (κ3) is 6.50. The van der Waals surface area contributed by atoms with Crippen LogP contribution in [0.3, 0.4) is 0 Å². The fraction of sp³-hybridized carbons (Fsp3) is 0.391. The van der Waals surface area contributed by atoms with Crippen LogP contribution in [0, 0.1) is 5.92 Å². The molecule has 1 fully saturated rings. The second-order valence-corrected chi connectivity index (χ2v) is 7.67. The number of benzene rings is 2. The summed E-state index contributed by atoms with van der Waals surface area (Å²) in [5.74, 6) is 0.385. The predicted octanol–water partition coefficient (Wildman–Crippen LogP) is 3.22. The topological polar surface area (TPSA) is 61.4 Å². The summed E-state index contributed by atoms with van der Waals surface area (Å²) < 4.78 is 0. The summed E-state index contributed by atoms with van der Waals surface area (Å²) in [5, 5.41) is 5.49. The molecular formula is C23H29N3O2. The maximum atomic E-state index is 12.1. The molecule has 1 atom stereocenters. The fourth-order valence-corrected chi connectivity index (χ4v) is 3.61. The molecule has 1 saturated heterocycles. The molecule has 0 aromatic heterocycles. The molecule has 2 amide bonds. The number of anilines is 1. The molecule has 0 spiro atoms. The van der Waals surface area contributed by atoms with Crippen molar-refractivity contribution >= 4 is 17.5 Å².